The van der Waals surface area contributed by atoms with Crippen LogP contribution in [0.4, 0.5) is 0 Å². The summed E-state index contributed by atoms with van der Waals surface area (Å²) in [4.78, 5) is 7.14. The second-order valence-corrected chi connectivity index (χ2v) is 9.46. The number of aromatic nitrogens is 2. The van der Waals surface area contributed by atoms with Crippen molar-refractivity contribution >= 4 is 39.6 Å². The Morgan fingerprint density at radius 2 is 1.89 bits per heavy atom. The number of hydrazone groups is 1. The molecular formula is C19H17ClN4O2S2. The average molecular weight is 433 g/mol. The van der Waals surface area contributed by atoms with Gasteiger partial charge in [-0.3, -0.25) is 0 Å². The van der Waals surface area contributed by atoms with Gasteiger partial charge in [0.05, 0.1) is 22.5 Å². The van der Waals surface area contributed by atoms with Crippen LogP contribution in [0.2, 0.25) is 5.02 Å². The molecule has 0 atom stereocenters. The Labute approximate surface area is 172 Å². The van der Waals surface area contributed by atoms with Crippen molar-refractivity contribution in [2.75, 3.05) is 5.75 Å². The van der Waals surface area contributed by atoms with Gasteiger partial charge in [0.2, 0.25) is 0 Å². The summed E-state index contributed by atoms with van der Waals surface area (Å²) in [5.74, 6) is 0.930. The lowest BCUT2D eigenvalue weighted by Gasteiger charge is -2.05. The fraction of sp³-hybridized carbons (Fsp3) is 0.158. The Hall–Kier alpha value is -2.29. The molecule has 0 saturated carbocycles. The van der Waals surface area contributed by atoms with Gasteiger partial charge in [0.15, 0.2) is 5.16 Å². The van der Waals surface area contributed by atoms with Gasteiger partial charge >= 0.3 is 0 Å². The molecule has 3 aromatic rings. The molecule has 4 rings (SSSR count). The first kappa shape index (κ1) is 19.0. The summed E-state index contributed by atoms with van der Waals surface area (Å²) in [5, 5.41) is 5.55. The number of sulfonamides is 1. The zero-order valence-electron chi connectivity index (χ0n) is 15.0. The van der Waals surface area contributed by atoms with Crippen LogP contribution >= 0.6 is 23.4 Å². The first-order valence-corrected chi connectivity index (χ1v) is 11.4. The maximum atomic E-state index is 12.4. The summed E-state index contributed by atoms with van der Waals surface area (Å²) in [7, 11) is -3.73. The highest BCUT2D eigenvalue weighted by Crippen LogP contribution is 2.32. The maximum absolute atomic E-state index is 12.4. The average Bonchev–Trinajstić information content (AvgIpc) is 3.25. The number of imidazole rings is 1. The van der Waals surface area contributed by atoms with E-state index in [9.17, 15) is 8.42 Å². The third kappa shape index (κ3) is 3.80. The molecule has 1 aromatic heterocycles. The molecule has 0 aliphatic carbocycles. The lowest BCUT2D eigenvalue weighted by Crippen LogP contribution is -2.18. The second-order valence-electron chi connectivity index (χ2n) is 6.30. The van der Waals surface area contributed by atoms with E-state index in [-0.39, 0.29) is 4.90 Å². The van der Waals surface area contributed by atoms with Crippen molar-refractivity contribution in [3.8, 4) is 11.3 Å². The first-order valence-electron chi connectivity index (χ1n) is 8.55. The van der Waals surface area contributed by atoms with Gasteiger partial charge in [-0.05, 0) is 31.2 Å². The highest BCUT2D eigenvalue weighted by atomic mass is 35.5. The van der Waals surface area contributed by atoms with E-state index in [2.05, 4.69) is 14.9 Å². The molecule has 1 aliphatic rings. The molecule has 2 aromatic carbocycles. The zero-order valence-corrected chi connectivity index (χ0v) is 17.4. The smallest absolute Gasteiger partial charge is 0.276 e. The summed E-state index contributed by atoms with van der Waals surface area (Å²) < 4.78 is 26.9. The van der Waals surface area contributed by atoms with Crippen molar-refractivity contribution in [1.29, 1.82) is 0 Å². The number of benzene rings is 2. The predicted octanol–water partition coefficient (Wildman–Crippen LogP) is 3.93. The Morgan fingerprint density at radius 3 is 2.61 bits per heavy atom. The lowest BCUT2D eigenvalue weighted by molar-refractivity contribution is 0.584. The summed E-state index contributed by atoms with van der Waals surface area (Å²) in [6.45, 7) is 2.70. The van der Waals surface area contributed by atoms with Crippen LogP contribution in [0.15, 0.2) is 63.7 Å². The lowest BCUT2D eigenvalue weighted by atomic mass is 10.1. The minimum absolute atomic E-state index is 0.169. The summed E-state index contributed by atoms with van der Waals surface area (Å²) in [6.07, 6.45) is 1.51. The van der Waals surface area contributed by atoms with Crippen molar-refractivity contribution in [2.24, 2.45) is 5.10 Å². The number of aryl methyl sites for hydroxylation is 1. The Kier molecular flexibility index (Phi) is 5.18. The van der Waals surface area contributed by atoms with Gasteiger partial charge in [0.25, 0.3) is 10.0 Å². The summed E-state index contributed by atoms with van der Waals surface area (Å²) in [6, 6.07) is 14.0. The van der Waals surface area contributed by atoms with Crippen molar-refractivity contribution in [3.05, 3.63) is 64.8 Å². The maximum Gasteiger partial charge on any atom is 0.276 e. The molecule has 28 heavy (non-hydrogen) atoms. The van der Waals surface area contributed by atoms with E-state index in [1.54, 1.807) is 48.2 Å². The number of rotatable bonds is 5. The van der Waals surface area contributed by atoms with Crippen LogP contribution in [-0.2, 0) is 16.6 Å². The van der Waals surface area contributed by atoms with E-state index in [0.717, 1.165) is 40.0 Å². The number of fused-ring (bicyclic) bond motifs is 1. The first-order chi connectivity index (χ1) is 13.4. The number of hydrogen-bond donors (Lipinski definition) is 1. The van der Waals surface area contributed by atoms with Crippen LogP contribution in [0.25, 0.3) is 11.3 Å². The monoisotopic (exact) mass is 432 g/mol. The molecular weight excluding hydrogens is 416 g/mol. The van der Waals surface area contributed by atoms with E-state index in [1.807, 2.05) is 23.6 Å². The fourth-order valence-electron chi connectivity index (χ4n) is 2.88. The largest absolute Gasteiger partial charge is 0.317 e. The third-order valence-corrected chi connectivity index (χ3v) is 6.77. The number of thioether (sulfide) groups is 1. The van der Waals surface area contributed by atoms with Crippen LogP contribution in [-0.4, -0.2) is 29.9 Å². The van der Waals surface area contributed by atoms with Crippen LogP contribution in [0.1, 0.15) is 11.3 Å². The molecule has 0 amide bonds. The minimum Gasteiger partial charge on any atom is -0.317 e. The second kappa shape index (κ2) is 7.62. The SMILES string of the molecule is Cc1ccc(S(=O)(=O)NN=Cc2c(-c3ccc(Cl)cc3)nc3n2CCS3)cc1. The van der Waals surface area contributed by atoms with Crippen LogP contribution in [0, 0.1) is 6.92 Å². The molecule has 0 fully saturated rings. The summed E-state index contributed by atoms with van der Waals surface area (Å²) >= 11 is 7.65. The molecule has 6 nitrogen and oxygen atoms in total. The van der Waals surface area contributed by atoms with E-state index in [0.29, 0.717) is 5.02 Å². The highest BCUT2D eigenvalue weighted by molar-refractivity contribution is 7.99. The standard InChI is InChI=1S/C19H17ClN4O2S2/c1-13-2-8-16(9-3-13)28(25,26)23-21-12-17-18(14-4-6-15(20)7-5-14)22-19-24(17)10-11-27-19/h2-9,12,23H,10-11H2,1H3. The predicted molar refractivity (Wildman–Crippen MR) is 112 cm³/mol. The van der Waals surface area contributed by atoms with Gasteiger partial charge < -0.3 is 4.57 Å². The van der Waals surface area contributed by atoms with Gasteiger partial charge in [-0.1, -0.05) is 53.2 Å². The van der Waals surface area contributed by atoms with E-state index >= 15 is 0 Å². The van der Waals surface area contributed by atoms with Crippen LogP contribution in [0.3, 0.4) is 0 Å². The van der Waals surface area contributed by atoms with E-state index in [1.165, 1.54) is 6.21 Å². The van der Waals surface area contributed by atoms with Gasteiger partial charge in [-0.15, -0.1) is 0 Å². The van der Waals surface area contributed by atoms with Crippen molar-refractivity contribution in [2.45, 2.75) is 23.5 Å². The van der Waals surface area contributed by atoms with Gasteiger partial charge in [-0.2, -0.15) is 13.5 Å². The summed E-state index contributed by atoms with van der Waals surface area (Å²) in [5.41, 5.74) is 3.39. The molecule has 1 aliphatic heterocycles. The third-order valence-electron chi connectivity index (χ3n) is 4.33. The zero-order chi connectivity index (χ0) is 19.7. The normalized spacial score (nSPS) is 13.8. The number of nitrogens with zero attached hydrogens (tertiary/aromatic N) is 3. The van der Waals surface area contributed by atoms with E-state index < -0.39 is 10.0 Å². The molecule has 9 heteroatoms. The van der Waals surface area contributed by atoms with Gasteiger partial charge in [-0.25, -0.2) is 9.82 Å². The molecule has 0 saturated heterocycles. The number of nitrogens with one attached hydrogen (secondary N) is 1. The molecule has 0 unspecified atom stereocenters. The van der Waals surface area contributed by atoms with Crippen LogP contribution in [0.5, 0.6) is 0 Å². The number of hydrogen-bond acceptors (Lipinski definition) is 5. The fourth-order valence-corrected chi connectivity index (χ4v) is 4.75. The van der Waals surface area contributed by atoms with Gasteiger partial charge in [0, 0.05) is 22.9 Å². The Morgan fingerprint density at radius 1 is 1.18 bits per heavy atom. The van der Waals surface area contributed by atoms with Crippen molar-refractivity contribution < 1.29 is 8.42 Å². The Bertz CT molecular complexity index is 1140. The number of halogens is 1. The van der Waals surface area contributed by atoms with Crippen LogP contribution < -0.4 is 4.83 Å². The molecule has 144 valence electrons. The van der Waals surface area contributed by atoms with Crippen molar-refractivity contribution in [1.82, 2.24) is 14.4 Å². The molecule has 1 N–H and O–H groups in total. The quantitative estimate of drug-likeness (QED) is 0.489. The molecule has 0 bridgehead atoms. The van der Waals surface area contributed by atoms with E-state index in [4.69, 9.17) is 11.6 Å². The highest BCUT2D eigenvalue weighted by Gasteiger charge is 2.22. The molecule has 0 radical (unpaired) electrons. The Balaban J connectivity index is 1.64. The topological polar surface area (TPSA) is 76.3 Å². The molecule has 2 heterocycles. The molecule has 0 spiro atoms. The minimum atomic E-state index is -3.73. The van der Waals surface area contributed by atoms with Gasteiger partial charge in [0.1, 0.15) is 0 Å². The van der Waals surface area contributed by atoms with Crippen molar-refractivity contribution in [3.63, 3.8) is 0 Å².